The average Bonchev–Trinajstić information content (AvgIpc) is 2.64. The number of ether oxygens (including phenoxy) is 1. The second kappa shape index (κ2) is 6.81. The maximum atomic E-state index is 14.2. The van der Waals surface area contributed by atoms with Crippen molar-refractivity contribution in [3.05, 3.63) is 69.4 Å². The number of alkyl halides is 1. The molecule has 2 aromatic rings. The predicted molar refractivity (Wildman–Crippen MR) is 95.0 cm³/mol. The van der Waals surface area contributed by atoms with Crippen LogP contribution in [0.3, 0.4) is 0 Å². The number of esters is 1. The van der Waals surface area contributed by atoms with E-state index in [1.54, 1.807) is 18.2 Å². The molecule has 134 valence electrons. The van der Waals surface area contributed by atoms with Crippen molar-refractivity contribution in [2.24, 2.45) is 0 Å². The Balaban J connectivity index is 2.11. The monoisotopic (exact) mass is 439 g/mol. The van der Waals surface area contributed by atoms with Crippen LogP contribution in [0.25, 0.3) is 0 Å². The summed E-state index contributed by atoms with van der Waals surface area (Å²) in [5.41, 5.74) is 0.249. The van der Waals surface area contributed by atoms with Gasteiger partial charge in [0.2, 0.25) is 4.87 Å². The molecule has 0 aromatic heterocycles. The molecule has 1 heterocycles. The summed E-state index contributed by atoms with van der Waals surface area (Å²) < 4.78 is 19.4. The molecule has 1 aliphatic rings. The molecule has 1 unspecified atom stereocenters. The van der Waals surface area contributed by atoms with Crippen LogP contribution in [0, 0.1) is 5.82 Å². The number of halogens is 3. The van der Waals surface area contributed by atoms with Crippen molar-refractivity contribution < 1.29 is 23.5 Å². The molecule has 2 amide bonds. The number of carbonyl (C=O) groups is 3. The maximum absolute atomic E-state index is 14.2. The first kappa shape index (κ1) is 18.5. The Morgan fingerprint density at radius 3 is 2.62 bits per heavy atom. The van der Waals surface area contributed by atoms with Crippen molar-refractivity contribution in [3.8, 4) is 0 Å². The molecular weight excluding hydrogens is 429 g/mol. The number of nitrogens with zero attached hydrogens (tertiary/aromatic N) is 1. The number of methoxy groups -OCH3 is 1. The molecule has 0 saturated heterocycles. The van der Waals surface area contributed by atoms with E-state index in [-0.39, 0.29) is 23.2 Å². The Morgan fingerprint density at radius 2 is 1.96 bits per heavy atom. The molecule has 0 fully saturated rings. The second-order valence-electron chi connectivity index (χ2n) is 5.63. The minimum atomic E-state index is -2.20. The van der Waals surface area contributed by atoms with Crippen molar-refractivity contribution in [2.45, 2.75) is 11.4 Å². The zero-order valence-electron chi connectivity index (χ0n) is 13.5. The summed E-state index contributed by atoms with van der Waals surface area (Å²) in [6.07, 6.45) is 0. The van der Waals surface area contributed by atoms with Gasteiger partial charge < -0.3 is 4.74 Å². The van der Waals surface area contributed by atoms with Gasteiger partial charge >= 0.3 is 5.97 Å². The number of hydrogen-bond donors (Lipinski definition) is 0. The third-order valence-corrected chi connectivity index (χ3v) is 5.14. The van der Waals surface area contributed by atoms with E-state index in [2.05, 4.69) is 20.7 Å². The molecule has 1 aliphatic heterocycles. The topological polar surface area (TPSA) is 63.7 Å². The van der Waals surface area contributed by atoms with Crippen LogP contribution in [-0.2, 0) is 25.7 Å². The van der Waals surface area contributed by atoms with Crippen molar-refractivity contribution in [1.29, 1.82) is 0 Å². The minimum absolute atomic E-state index is 0.0519. The summed E-state index contributed by atoms with van der Waals surface area (Å²) in [5.74, 6) is -3.24. The first-order valence-corrected chi connectivity index (χ1v) is 8.65. The second-order valence-corrected chi connectivity index (χ2v) is 7.11. The van der Waals surface area contributed by atoms with Gasteiger partial charge in [0.25, 0.3) is 11.8 Å². The SMILES string of the molecule is COC(=O)C1(Cl)C(=O)N(Cc2ccc(Br)cc2F)C(=O)c2ccccc21. The lowest BCUT2D eigenvalue weighted by Gasteiger charge is -2.36. The van der Waals surface area contributed by atoms with Gasteiger partial charge in [-0.1, -0.05) is 51.8 Å². The number of imide groups is 1. The summed E-state index contributed by atoms with van der Waals surface area (Å²) in [7, 11) is 1.09. The van der Waals surface area contributed by atoms with Gasteiger partial charge in [0.15, 0.2) is 0 Å². The molecule has 2 aromatic carbocycles. The molecule has 0 saturated carbocycles. The van der Waals surface area contributed by atoms with Gasteiger partial charge in [-0.2, -0.15) is 0 Å². The van der Waals surface area contributed by atoms with E-state index in [9.17, 15) is 18.8 Å². The minimum Gasteiger partial charge on any atom is -0.467 e. The Labute approximate surface area is 161 Å². The fourth-order valence-electron chi connectivity index (χ4n) is 2.81. The van der Waals surface area contributed by atoms with Crippen molar-refractivity contribution in [3.63, 3.8) is 0 Å². The Kier molecular flexibility index (Phi) is 4.86. The Morgan fingerprint density at radius 1 is 1.27 bits per heavy atom. The first-order chi connectivity index (χ1) is 12.3. The predicted octanol–water partition coefficient (Wildman–Crippen LogP) is 3.38. The van der Waals surface area contributed by atoms with Gasteiger partial charge in [-0.25, -0.2) is 9.18 Å². The molecule has 0 N–H and O–H groups in total. The Hall–Kier alpha value is -2.25. The third kappa shape index (κ3) is 2.81. The maximum Gasteiger partial charge on any atom is 0.341 e. The fraction of sp³-hybridized carbons (Fsp3) is 0.167. The molecule has 0 bridgehead atoms. The van der Waals surface area contributed by atoms with E-state index < -0.39 is 28.5 Å². The lowest BCUT2D eigenvalue weighted by molar-refractivity contribution is -0.151. The molecule has 26 heavy (non-hydrogen) atoms. The van der Waals surface area contributed by atoms with Crippen LogP contribution in [0.2, 0.25) is 0 Å². The van der Waals surface area contributed by atoms with Crippen LogP contribution in [0.15, 0.2) is 46.9 Å². The molecular formula is C18H12BrClFNO4. The highest BCUT2D eigenvalue weighted by atomic mass is 79.9. The van der Waals surface area contributed by atoms with Crippen LogP contribution in [0.5, 0.6) is 0 Å². The van der Waals surface area contributed by atoms with E-state index in [4.69, 9.17) is 11.6 Å². The van der Waals surface area contributed by atoms with E-state index in [1.807, 2.05) is 0 Å². The summed E-state index contributed by atoms with van der Waals surface area (Å²) in [6.45, 7) is -0.365. The lowest BCUT2D eigenvalue weighted by atomic mass is 9.87. The molecule has 8 heteroatoms. The summed E-state index contributed by atoms with van der Waals surface area (Å²) in [6, 6.07) is 10.3. The Bertz CT molecular complexity index is 935. The van der Waals surface area contributed by atoms with Gasteiger partial charge in [0.05, 0.1) is 13.7 Å². The quantitative estimate of drug-likeness (QED) is 0.318. The van der Waals surface area contributed by atoms with Crippen molar-refractivity contribution in [2.75, 3.05) is 7.11 Å². The number of hydrogen-bond acceptors (Lipinski definition) is 4. The normalized spacial score (nSPS) is 19.3. The zero-order valence-corrected chi connectivity index (χ0v) is 15.8. The molecule has 1 atom stereocenters. The number of rotatable bonds is 3. The van der Waals surface area contributed by atoms with Crippen LogP contribution < -0.4 is 0 Å². The van der Waals surface area contributed by atoms with E-state index in [0.717, 1.165) is 12.0 Å². The number of carbonyl (C=O) groups excluding carboxylic acids is 3. The van der Waals surface area contributed by atoms with E-state index >= 15 is 0 Å². The summed E-state index contributed by atoms with van der Waals surface area (Å²) >= 11 is 9.52. The summed E-state index contributed by atoms with van der Waals surface area (Å²) in [4.78, 5) is 36.6. The van der Waals surface area contributed by atoms with Gasteiger partial charge in [0, 0.05) is 21.2 Å². The van der Waals surface area contributed by atoms with Gasteiger partial charge in [0.1, 0.15) is 5.82 Å². The number of fused-ring (bicyclic) bond motifs is 1. The first-order valence-electron chi connectivity index (χ1n) is 7.47. The van der Waals surface area contributed by atoms with E-state index in [1.165, 1.54) is 24.3 Å². The molecule has 0 radical (unpaired) electrons. The summed E-state index contributed by atoms with van der Waals surface area (Å²) in [5, 5.41) is 0. The third-order valence-electron chi connectivity index (χ3n) is 4.12. The van der Waals surface area contributed by atoms with E-state index in [0.29, 0.717) is 4.47 Å². The standard InChI is InChI=1S/C18H12BrClFNO4/c1-26-17(25)18(20)13-5-3-2-4-12(13)15(23)22(16(18)24)9-10-6-7-11(19)8-14(10)21/h2-8H,9H2,1H3. The smallest absolute Gasteiger partial charge is 0.341 e. The van der Waals surface area contributed by atoms with Crippen molar-refractivity contribution in [1.82, 2.24) is 4.90 Å². The van der Waals surface area contributed by atoms with Crippen LogP contribution >= 0.6 is 27.5 Å². The molecule has 0 aliphatic carbocycles. The van der Waals surface area contributed by atoms with Gasteiger partial charge in [-0.05, 0) is 18.2 Å². The zero-order chi connectivity index (χ0) is 19.1. The van der Waals surface area contributed by atoms with Crippen LogP contribution in [0.4, 0.5) is 4.39 Å². The number of amides is 2. The van der Waals surface area contributed by atoms with Gasteiger partial charge in [-0.15, -0.1) is 0 Å². The lowest BCUT2D eigenvalue weighted by Crippen LogP contribution is -2.55. The number of benzene rings is 2. The van der Waals surface area contributed by atoms with Crippen LogP contribution in [0.1, 0.15) is 21.5 Å². The largest absolute Gasteiger partial charge is 0.467 e. The van der Waals surface area contributed by atoms with Crippen molar-refractivity contribution >= 4 is 45.3 Å². The fourth-order valence-corrected chi connectivity index (χ4v) is 3.49. The highest BCUT2D eigenvalue weighted by Gasteiger charge is 2.56. The highest BCUT2D eigenvalue weighted by Crippen LogP contribution is 2.40. The molecule has 3 rings (SSSR count). The highest BCUT2D eigenvalue weighted by molar-refractivity contribution is 9.10. The van der Waals surface area contributed by atoms with Gasteiger partial charge in [-0.3, -0.25) is 14.5 Å². The molecule has 0 spiro atoms. The molecule has 5 nitrogen and oxygen atoms in total. The van der Waals surface area contributed by atoms with Crippen LogP contribution in [-0.4, -0.2) is 29.8 Å². The average molecular weight is 441 g/mol.